The number of aryl methyl sites for hydroxylation is 1. The minimum absolute atomic E-state index is 0.322. The summed E-state index contributed by atoms with van der Waals surface area (Å²) in [6, 6.07) is 3.05. The molecule has 1 atom stereocenters. The fraction of sp³-hybridized carbons (Fsp3) is 0.500. The van der Waals surface area contributed by atoms with E-state index in [0.717, 1.165) is 17.8 Å². The van der Waals surface area contributed by atoms with Crippen LogP contribution >= 0.6 is 11.3 Å². The first-order chi connectivity index (χ1) is 9.94. The molecule has 7 nitrogen and oxygen atoms in total. The number of aromatic nitrogens is 3. The van der Waals surface area contributed by atoms with Crippen LogP contribution in [0.25, 0.3) is 0 Å². The standard InChI is InChI=1S/C12H19N5O2S2/c1-9(12-15-14-8-17(12)3)16-21(18,19)11-5-4-10(20-11)6-7-13-2/h4-5,8-9,13,16H,6-7H2,1-3H3. The van der Waals surface area contributed by atoms with Crippen molar-refractivity contribution in [1.82, 2.24) is 24.8 Å². The third-order valence-electron chi connectivity index (χ3n) is 2.99. The lowest BCUT2D eigenvalue weighted by molar-refractivity contribution is 0.555. The van der Waals surface area contributed by atoms with Crippen LogP contribution in [0.3, 0.4) is 0 Å². The Bertz CT molecular complexity index is 692. The molecule has 116 valence electrons. The van der Waals surface area contributed by atoms with Crippen LogP contribution < -0.4 is 10.0 Å². The highest BCUT2D eigenvalue weighted by molar-refractivity contribution is 7.91. The third kappa shape index (κ3) is 3.88. The summed E-state index contributed by atoms with van der Waals surface area (Å²) >= 11 is 1.29. The number of rotatable bonds is 7. The van der Waals surface area contributed by atoms with Gasteiger partial charge in [-0.1, -0.05) is 0 Å². The number of nitrogens with zero attached hydrogens (tertiary/aromatic N) is 3. The van der Waals surface area contributed by atoms with E-state index in [1.54, 1.807) is 30.9 Å². The summed E-state index contributed by atoms with van der Waals surface area (Å²) in [4.78, 5) is 1.04. The first kappa shape index (κ1) is 16.1. The second-order valence-corrected chi connectivity index (χ2v) is 7.83. The predicted molar refractivity (Wildman–Crippen MR) is 81.7 cm³/mol. The molecule has 2 aromatic rings. The Morgan fingerprint density at radius 1 is 1.43 bits per heavy atom. The summed E-state index contributed by atoms with van der Waals surface area (Å²) < 4.78 is 29.4. The molecule has 2 aromatic heterocycles. The van der Waals surface area contributed by atoms with Crippen molar-refractivity contribution in [3.63, 3.8) is 0 Å². The molecule has 0 fully saturated rings. The smallest absolute Gasteiger partial charge is 0.250 e. The molecule has 9 heteroatoms. The Labute approximate surface area is 128 Å². The third-order valence-corrected chi connectivity index (χ3v) is 6.17. The van der Waals surface area contributed by atoms with Crippen LogP contribution in [0.5, 0.6) is 0 Å². The fourth-order valence-corrected chi connectivity index (χ4v) is 4.49. The summed E-state index contributed by atoms with van der Waals surface area (Å²) in [6.45, 7) is 2.57. The highest BCUT2D eigenvalue weighted by Gasteiger charge is 2.22. The molecule has 2 rings (SSSR count). The summed E-state index contributed by atoms with van der Waals surface area (Å²) in [5.74, 6) is 0.575. The molecule has 0 aliphatic heterocycles. The van der Waals surface area contributed by atoms with Crippen LogP contribution in [0, 0.1) is 0 Å². The van der Waals surface area contributed by atoms with Gasteiger partial charge in [0.1, 0.15) is 16.4 Å². The van der Waals surface area contributed by atoms with Gasteiger partial charge >= 0.3 is 0 Å². The van der Waals surface area contributed by atoms with Gasteiger partial charge in [-0.2, -0.15) is 0 Å². The van der Waals surface area contributed by atoms with Crippen LogP contribution in [-0.2, 0) is 23.5 Å². The largest absolute Gasteiger partial charge is 0.319 e. The van der Waals surface area contributed by atoms with Crippen molar-refractivity contribution in [2.24, 2.45) is 7.05 Å². The molecule has 0 saturated heterocycles. The van der Waals surface area contributed by atoms with Gasteiger partial charge in [0.05, 0.1) is 6.04 Å². The molecular weight excluding hydrogens is 310 g/mol. The highest BCUT2D eigenvalue weighted by atomic mass is 32.2. The van der Waals surface area contributed by atoms with Crippen LogP contribution in [0.4, 0.5) is 0 Å². The zero-order valence-electron chi connectivity index (χ0n) is 12.2. The van der Waals surface area contributed by atoms with Gasteiger partial charge in [0.25, 0.3) is 10.0 Å². The average molecular weight is 329 g/mol. The molecular formula is C12H19N5O2S2. The molecule has 0 saturated carbocycles. The molecule has 0 amide bonds. The highest BCUT2D eigenvalue weighted by Crippen LogP contribution is 2.23. The van der Waals surface area contributed by atoms with Crippen molar-refractivity contribution in [3.8, 4) is 0 Å². The lowest BCUT2D eigenvalue weighted by Gasteiger charge is -2.12. The number of hydrogen-bond acceptors (Lipinski definition) is 6. The van der Waals surface area contributed by atoms with Crippen molar-refractivity contribution in [1.29, 1.82) is 0 Å². The minimum atomic E-state index is -3.54. The van der Waals surface area contributed by atoms with Crippen LogP contribution in [0.2, 0.25) is 0 Å². The quantitative estimate of drug-likeness (QED) is 0.780. The summed E-state index contributed by atoms with van der Waals surface area (Å²) in [6.07, 6.45) is 2.36. The van der Waals surface area contributed by atoms with Gasteiger partial charge in [0.2, 0.25) is 0 Å². The van der Waals surface area contributed by atoms with Gasteiger partial charge < -0.3 is 9.88 Å². The Morgan fingerprint density at radius 2 is 2.19 bits per heavy atom. The molecule has 0 bridgehead atoms. The van der Waals surface area contributed by atoms with E-state index in [1.807, 2.05) is 13.1 Å². The van der Waals surface area contributed by atoms with Gasteiger partial charge in [0.15, 0.2) is 0 Å². The zero-order valence-corrected chi connectivity index (χ0v) is 13.8. The van der Waals surface area contributed by atoms with E-state index in [2.05, 4.69) is 20.2 Å². The van der Waals surface area contributed by atoms with Crippen molar-refractivity contribution in [3.05, 3.63) is 29.2 Å². The Hall–Kier alpha value is -1.29. The number of nitrogens with one attached hydrogen (secondary N) is 2. The van der Waals surface area contributed by atoms with E-state index in [-0.39, 0.29) is 0 Å². The van der Waals surface area contributed by atoms with E-state index >= 15 is 0 Å². The molecule has 2 heterocycles. The number of likely N-dealkylation sites (N-methyl/N-ethyl adjacent to an activating group) is 1. The molecule has 1 unspecified atom stereocenters. The minimum Gasteiger partial charge on any atom is -0.319 e. The molecule has 0 radical (unpaired) electrons. The van der Waals surface area contributed by atoms with E-state index < -0.39 is 16.1 Å². The topological polar surface area (TPSA) is 88.9 Å². The van der Waals surface area contributed by atoms with Gasteiger partial charge in [-0.15, -0.1) is 21.5 Å². The molecule has 0 aromatic carbocycles. The average Bonchev–Trinajstić information content (AvgIpc) is 3.04. The molecule has 2 N–H and O–H groups in total. The van der Waals surface area contributed by atoms with E-state index in [9.17, 15) is 8.42 Å². The molecule has 0 aliphatic carbocycles. The monoisotopic (exact) mass is 329 g/mol. The Kier molecular flexibility index (Phi) is 5.09. The van der Waals surface area contributed by atoms with Crippen LogP contribution in [-0.4, -0.2) is 36.8 Å². The van der Waals surface area contributed by atoms with Gasteiger partial charge in [-0.05, 0) is 39.1 Å². The summed E-state index contributed by atoms with van der Waals surface area (Å²) in [5.41, 5.74) is 0. The summed E-state index contributed by atoms with van der Waals surface area (Å²) in [5, 5.41) is 10.7. The second-order valence-electron chi connectivity index (χ2n) is 4.72. The fourth-order valence-electron chi connectivity index (χ4n) is 1.91. The Morgan fingerprint density at radius 3 is 2.81 bits per heavy atom. The molecule has 0 aliphatic rings. The van der Waals surface area contributed by atoms with Gasteiger partial charge in [-0.25, -0.2) is 13.1 Å². The van der Waals surface area contributed by atoms with Gasteiger partial charge in [-0.3, -0.25) is 0 Å². The van der Waals surface area contributed by atoms with E-state index in [0.29, 0.717) is 10.0 Å². The van der Waals surface area contributed by atoms with E-state index in [1.165, 1.54) is 11.3 Å². The van der Waals surface area contributed by atoms with Gasteiger partial charge in [0, 0.05) is 11.9 Å². The SMILES string of the molecule is CNCCc1ccc(S(=O)(=O)NC(C)c2nncn2C)s1. The first-order valence-electron chi connectivity index (χ1n) is 6.53. The normalized spacial score (nSPS) is 13.5. The number of thiophene rings is 1. The number of sulfonamides is 1. The maximum atomic E-state index is 12.4. The maximum Gasteiger partial charge on any atom is 0.250 e. The lowest BCUT2D eigenvalue weighted by Crippen LogP contribution is -2.28. The predicted octanol–water partition coefficient (Wildman–Crippen LogP) is 0.678. The van der Waals surface area contributed by atoms with E-state index in [4.69, 9.17) is 0 Å². The van der Waals surface area contributed by atoms with Crippen molar-refractivity contribution < 1.29 is 8.42 Å². The lowest BCUT2D eigenvalue weighted by atomic mass is 10.3. The first-order valence-corrected chi connectivity index (χ1v) is 8.83. The van der Waals surface area contributed by atoms with Crippen molar-refractivity contribution in [2.75, 3.05) is 13.6 Å². The summed E-state index contributed by atoms with van der Waals surface area (Å²) in [7, 11) is 0.110. The van der Waals surface area contributed by atoms with Crippen molar-refractivity contribution in [2.45, 2.75) is 23.6 Å². The Balaban J connectivity index is 2.11. The molecule has 21 heavy (non-hydrogen) atoms. The molecule has 0 spiro atoms. The van der Waals surface area contributed by atoms with Crippen LogP contribution in [0.1, 0.15) is 23.7 Å². The maximum absolute atomic E-state index is 12.4. The second kappa shape index (κ2) is 6.65. The zero-order chi connectivity index (χ0) is 15.5. The number of hydrogen-bond donors (Lipinski definition) is 2. The van der Waals surface area contributed by atoms with Crippen LogP contribution in [0.15, 0.2) is 22.7 Å². The van der Waals surface area contributed by atoms with Crippen molar-refractivity contribution >= 4 is 21.4 Å².